The largest absolute Gasteiger partial charge is 0.360 e. The summed E-state index contributed by atoms with van der Waals surface area (Å²) in [6.07, 6.45) is 5.57. The summed E-state index contributed by atoms with van der Waals surface area (Å²) in [6, 6.07) is 0.562. The maximum Gasteiger partial charge on any atom is 0.131 e. The maximum absolute atomic E-state index is 5.54. The van der Waals surface area contributed by atoms with E-state index in [1.165, 1.54) is 0 Å². The second kappa shape index (κ2) is 3.93. The number of hydrogen-bond donors (Lipinski definition) is 0. The minimum absolute atomic E-state index is 0.0175. The van der Waals surface area contributed by atoms with Crippen LogP contribution < -0.4 is 0 Å². The van der Waals surface area contributed by atoms with Gasteiger partial charge in [0.25, 0.3) is 0 Å². The Balaban J connectivity index is 2.52. The highest BCUT2D eigenvalue weighted by Gasteiger charge is 2.24. The van der Waals surface area contributed by atoms with Crippen LogP contribution in [0.5, 0.6) is 0 Å². The summed E-state index contributed by atoms with van der Waals surface area (Å²) in [4.78, 5) is 2.36. The van der Waals surface area contributed by atoms with Gasteiger partial charge in [0.2, 0.25) is 0 Å². The summed E-state index contributed by atoms with van der Waals surface area (Å²) >= 11 is 0. The molecule has 2 atom stereocenters. The number of morpholine rings is 1. The van der Waals surface area contributed by atoms with E-state index >= 15 is 0 Å². The summed E-state index contributed by atoms with van der Waals surface area (Å²) in [7, 11) is 0. The van der Waals surface area contributed by atoms with Crippen LogP contribution in [0.15, 0.2) is 0 Å². The molecule has 0 saturated carbocycles. The van der Waals surface area contributed by atoms with Gasteiger partial charge in [-0.1, -0.05) is 5.92 Å². The first-order valence-electron chi connectivity index (χ1n) is 4.49. The topological polar surface area (TPSA) is 12.5 Å². The van der Waals surface area contributed by atoms with Crippen LogP contribution in [0.2, 0.25) is 0 Å². The molecule has 1 aliphatic rings. The molecule has 0 amide bonds. The number of ether oxygens (including phenoxy) is 1. The summed E-state index contributed by atoms with van der Waals surface area (Å²) < 4.78 is 5.54. The number of hydrogen-bond acceptors (Lipinski definition) is 2. The molecule has 2 heteroatoms. The fourth-order valence-corrected chi connectivity index (χ4v) is 1.50. The van der Waals surface area contributed by atoms with Crippen LogP contribution in [0.25, 0.3) is 0 Å². The van der Waals surface area contributed by atoms with Crippen LogP contribution in [0.1, 0.15) is 20.8 Å². The van der Waals surface area contributed by atoms with Gasteiger partial charge in [-0.2, -0.15) is 0 Å². The van der Waals surface area contributed by atoms with Crippen molar-refractivity contribution in [3.8, 4) is 12.3 Å². The molecule has 0 aromatic heterocycles. The Hall–Kier alpha value is -0.520. The molecule has 1 rings (SSSR count). The molecule has 0 aliphatic carbocycles. The standard InChI is InChI=1S/C10H17NO/c1-5-10-7-11(8(2)3)6-9(4)12-10/h1,8-10H,6-7H2,2-4H3/t9-,10-/m1/s1. The van der Waals surface area contributed by atoms with Crippen LogP contribution in [0.3, 0.4) is 0 Å². The second-order valence-corrected chi connectivity index (χ2v) is 3.65. The van der Waals surface area contributed by atoms with Gasteiger partial charge in [0.1, 0.15) is 6.10 Å². The molecule has 0 unspecified atom stereocenters. The van der Waals surface area contributed by atoms with Gasteiger partial charge in [-0.25, -0.2) is 0 Å². The minimum atomic E-state index is -0.0175. The van der Waals surface area contributed by atoms with Gasteiger partial charge in [0.15, 0.2) is 0 Å². The molecular formula is C10H17NO. The molecule has 0 radical (unpaired) electrons. The maximum atomic E-state index is 5.54. The third-order valence-electron chi connectivity index (χ3n) is 2.20. The molecule has 68 valence electrons. The highest BCUT2D eigenvalue weighted by Crippen LogP contribution is 2.12. The molecule has 1 fully saturated rings. The van der Waals surface area contributed by atoms with Crippen molar-refractivity contribution in [1.29, 1.82) is 0 Å². The third-order valence-corrected chi connectivity index (χ3v) is 2.20. The molecule has 1 heterocycles. The zero-order chi connectivity index (χ0) is 9.14. The normalized spacial score (nSPS) is 31.9. The predicted molar refractivity (Wildman–Crippen MR) is 49.9 cm³/mol. The lowest BCUT2D eigenvalue weighted by atomic mass is 10.2. The number of terminal acetylenes is 1. The van der Waals surface area contributed by atoms with Gasteiger partial charge in [0, 0.05) is 19.1 Å². The van der Waals surface area contributed by atoms with Crippen LogP contribution in [-0.4, -0.2) is 36.2 Å². The summed E-state index contributed by atoms with van der Waals surface area (Å²) in [5, 5.41) is 0. The smallest absolute Gasteiger partial charge is 0.131 e. The van der Waals surface area contributed by atoms with E-state index in [0.717, 1.165) is 13.1 Å². The van der Waals surface area contributed by atoms with E-state index in [2.05, 4.69) is 31.6 Å². The van der Waals surface area contributed by atoms with Crippen LogP contribution in [0.4, 0.5) is 0 Å². The van der Waals surface area contributed by atoms with Crippen molar-refractivity contribution in [3.63, 3.8) is 0 Å². The average molecular weight is 167 g/mol. The van der Waals surface area contributed by atoms with Crippen molar-refractivity contribution in [3.05, 3.63) is 0 Å². The van der Waals surface area contributed by atoms with E-state index in [9.17, 15) is 0 Å². The van der Waals surface area contributed by atoms with Crippen molar-refractivity contribution >= 4 is 0 Å². The Morgan fingerprint density at radius 1 is 1.50 bits per heavy atom. The van der Waals surface area contributed by atoms with Gasteiger partial charge >= 0.3 is 0 Å². The first-order valence-corrected chi connectivity index (χ1v) is 4.49. The highest BCUT2D eigenvalue weighted by atomic mass is 16.5. The Kier molecular flexibility index (Phi) is 3.13. The molecule has 1 saturated heterocycles. The van der Waals surface area contributed by atoms with E-state index < -0.39 is 0 Å². The van der Waals surface area contributed by atoms with Gasteiger partial charge in [-0.15, -0.1) is 6.42 Å². The number of nitrogens with zero attached hydrogens (tertiary/aromatic N) is 1. The first-order chi connectivity index (χ1) is 5.63. The van der Waals surface area contributed by atoms with Crippen molar-refractivity contribution in [2.24, 2.45) is 0 Å². The van der Waals surface area contributed by atoms with Crippen molar-refractivity contribution < 1.29 is 4.74 Å². The summed E-state index contributed by atoms with van der Waals surface area (Å²) in [5.41, 5.74) is 0. The number of rotatable bonds is 1. The second-order valence-electron chi connectivity index (χ2n) is 3.65. The summed E-state index contributed by atoms with van der Waals surface area (Å²) in [6.45, 7) is 8.31. The van der Waals surface area contributed by atoms with Crippen molar-refractivity contribution in [2.45, 2.75) is 39.0 Å². The lowest BCUT2D eigenvalue weighted by Crippen LogP contribution is -2.48. The van der Waals surface area contributed by atoms with Gasteiger partial charge < -0.3 is 4.74 Å². The monoisotopic (exact) mass is 167 g/mol. The quantitative estimate of drug-likeness (QED) is 0.543. The highest BCUT2D eigenvalue weighted by molar-refractivity contribution is 4.99. The SMILES string of the molecule is C#C[C@@H]1CN(C(C)C)C[C@@H](C)O1. The molecule has 1 aliphatic heterocycles. The average Bonchev–Trinajstić information content (AvgIpc) is 2.03. The molecule has 0 spiro atoms. The zero-order valence-electron chi connectivity index (χ0n) is 8.08. The molecule has 0 aromatic carbocycles. The van der Waals surface area contributed by atoms with Gasteiger partial charge in [0.05, 0.1) is 6.10 Å². The Morgan fingerprint density at radius 2 is 2.17 bits per heavy atom. The van der Waals surface area contributed by atoms with E-state index in [-0.39, 0.29) is 12.2 Å². The zero-order valence-corrected chi connectivity index (χ0v) is 8.08. The molecule has 2 nitrogen and oxygen atoms in total. The Labute approximate surface area is 74.9 Å². The molecular weight excluding hydrogens is 150 g/mol. The van der Waals surface area contributed by atoms with E-state index in [1.807, 2.05) is 0 Å². The van der Waals surface area contributed by atoms with Crippen LogP contribution in [0, 0.1) is 12.3 Å². The van der Waals surface area contributed by atoms with Gasteiger partial charge in [-0.3, -0.25) is 4.90 Å². The fourth-order valence-electron chi connectivity index (χ4n) is 1.50. The molecule has 0 N–H and O–H groups in total. The van der Waals surface area contributed by atoms with Crippen molar-refractivity contribution in [2.75, 3.05) is 13.1 Å². The van der Waals surface area contributed by atoms with E-state index in [1.54, 1.807) is 0 Å². The molecule has 0 aromatic rings. The third kappa shape index (κ3) is 2.23. The molecule has 12 heavy (non-hydrogen) atoms. The lowest BCUT2D eigenvalue weighted by molar-refractivity contribution is -0.0598. The van der Waals surface area contributed by atoms with Crippen molar-refractivity contribution in [1.82, 2.24) is 4.90 Å². The minimum Gasteiger partial charge on any atom is -0.360 e. The fraction of sp³-hybridized carbons (Fsp3) is 0.800. The Bertz CT molecular complexity index is 183. The predicted octanol–water partition coefficient (Wildman–Crippen LogP) is 1.12. The first kappa shape index (κ1) is 9.57. The Morgan fingerprint density at radius 3 is 2.67 bits per heavy atom. The summed E-state index contributed by atoms with van der Waals surface area (Å²) in [5.74, 6) is 2.66. The van der Waals surface area contributed by atoms with Crippen LogP contribution in [-0.2, 0) is 4.74 Å². The van der Waals surface area contributed by atoms with E-state index in [4.69, 9.17) is 11.2 Å². The van der Waals surface area contributed by atoms with E-state index in [0.29, 0.717) is 6.04 Å². The molecule has 0 bridgehead atoms. The van der Waals surface area contributed by atoms with Gasteiger partial charge in [-0.05, 0) is 20.8 Å². The van der Waals surface area contributed by atoms with Crippen LogP contribution >= 0.6 is 0 Å². The lowest BCUT2D eigenvalue weighted by Gasteiger charge is -2.37.